The number of halogens is 4. The number of nitrogens with zero attached hydrogens (tertiary/aromatic N) is 4. The molecule has 2 aliphatic rings. The summed E-state index contributed by atoms with van der Waals surface area (Å²) >= 11 is 5.39. The summed E-state index contributed by atoms with van der Waals surface area (Å²) in [7, 11) is 0. The molecule has 1 saturated carbocycles. The van der Waals surface area contributed by atoms with Gasteiger partial charge >= 0.3 is 6.18 Å². The van der Waals surface area contributed by atoms with E-state index in [0.29, 0.717) is 25.3 Å². The number of hydrogen-bond acceptors (Lipinski definition) is 5. The van der Waals surface area contributed by atoms with Crippen LogP contribution in [0.1, 0.15) is 30.5 Å². The molecule has 1 amide bonds. The van der Waals surface area contributed by atoms with E-state index in [1.54, 1.807) is 0 Å². The number of thiocarbonyl (C=S) groups is 1. The largest absolute Gasteiger partial charge is 0.506 e. The Labute approximate surface area is 173 Å². The zero-order chi connectivity index (χ0) is 21.8. The van der Waals surface area contributed by atoms with Gasteiger partial charge in [-0.05, 0) is 49.7 Å². The molecule has 1 spiro atoms. The van der Waals surface area contributed by atoms with Crippen molar-refractivity contribution in [3.05, 3.63) is 47.5 Å². The van der Waals surface area contributed by atoms with Crippen LogP contribution in [-0.4, -0.2) is 26.6 Å². The number of phenols is 1. The number of rotatable bonds is 2. The molecule has 0 atom stereocenters. The van der Waals surface area contributed by atoms with E-state index < -0.39 is 40.4 Å². The molecule has 0 unspecified atom stereocenters. The topological polar surface area (TPSA) is 80.5 Å². The number of alkyl halides is 3. The number of pyridine rings is 1. The Morgan fingerprint density at radius 2 is 1.97 bits per heavy atom. The van der Waals surface area contributed by atoms with Gasteiger partial charge in [0.05, 0.1) is 23.1 Å². The van der Waals surface area contributed by atoms with Gasteiger partial charge in [0.15, 0.2) is 10.8 Å². The first-order valence-electron chi connectivity index (χ1n) is 8.75. The van der Waals surface area contributed by atoms with Gasteiger partial charge in [-0.3, -0.25) is 14.6 Å². The number of carbonyl (C=O) groups is 1. The summed E-state index contributed by atoms with van der Waals surface area (Å²) in [4.78, 5) is 19.1. The Bertz CT molecular complexity index is 1120. The predicted molar refractivity (Wildman–Crippen MR) is 101 cm³/mol. The molecule has 2 fully saturated rings. The molecule has 11 heteroatoms. The van der Waals surface area contributed by atoms with Crippen LogP contribution in [0.25, 0.3) is 0 Å². The molecule has 0 radical (unpaired) electrons. The van der Waals surface area contributed by atoms with Crippen molar-refractivity contribution in [2.45, 2.75) is 31.0 Å². The quantitative estimate of drug-likeness (QED) is 0.569. The zero-order valence-electron chi connectivity index (χ0n) is 15.1. The lowest BCUT2D eigenvalue weighted by Gasteiger charge is -2.43. The molecule has 6 nitrogen and oxygen atoms in total. The van der Waals surface area contributed by atoms with Crippen LogP contribution in [-0.2, 0) is 11.0 Å². The van der Waals surface area contributed by atoms with Crippen molar-refractivity contribution in [2.24, 2.45) is 0 Å². The Morgan fingerprint density at radius 1 is 1.27 bits per heavy atom. The average molecular weight is 436 g/mol. The van der Waals surface area contributed by atoms with Crippen LogP contribution < -0.4 is 9.80 Å². The highest BCUT2D eigenvalue weighted by molar-refractivity contribution is 7.81. The third kappa shape index (κ3) is 2.79. The van der Waals surface area contributed by atoms with E-state index in [9.17, 15) is 27.5 Å². The van der Waals surface area contributed by atoms with Gasteiger partial charge in [-0.25, -0.2) is 9.37 Å². The van der Waals surface area contributed by atoms with Crippen LogP contribution in [0, 0.1) is 17.1 Å². The number of anilines is 2. The van der Waals surface area contributed by atoms with E-state index in [0.717, 1.165) is 23.2 Å². The van der Waals surface area contributed by atoms with Gasteiger partial charge in [-0.15, -0.1) is 0 Å². The van der Waals surface area contributed by atoms with Crippen LogP contribution in [0.4, 0.5) is 28.9 Å². The minimum Gasteiger partial charge on any atom is -0.506 e. The molecule has 2 aromatic rings. The van der Waals surface area contributed by atoms with Gasteiger partial charge < -0.3 is 5.11 Å². The van der Waals surface area contributed by atoms with Gasteiger partial charge in [-0.1, -0.05) is 0 Å². The fourth-order valence-electron chi connectivity index (χ4n) is 3.75. The fourth-order valence-corrected chi connectivity index (χ4v) is 4.21. The number of benzene rings is 1. The van der Waals surface area contributed by atoms with E-state index >= 15 is 0 Å². The first-order valence-corrected chi connectivity index (χ1v) is 9.15. The second-order valence-corrected chi connectivity index (χ2v) is 7.34. The molecule has 1 aromatic carbocycles. The Hall–Kier alpha value is -3.26. The molecular formula is C19H12F4N4O2S. The highest BCUT2D eigenvalue weighted by Gasteiger charge is 2.60. The van der Waals surface area contributed by atoms with Crippen molar-refractivity contribution in [1.82, 2.24) is 4.98 Å². The molecule has 1 aliphatic heterocycles. The normalized spacial score (nSPS) is 18.0. The number of aromatic nitrogens is 1. The second-order valence-electron chi connectivity index (χ2n) is 6.98. The highest BCUT2D eigenvalue weighted by Crippen LogP contribution is 2.50. The molecule has 1 saturated heterocycles. The zero-order valence-corrected chi connectivity index (χ0v) is 15.9. The maximum absolute atomic E-state index is 13.4. The lowest BCUT2D eigenvalue weighted by molar-refractivity contribution is -0.138. The summed E-state index contributed by atoms with van der Waals surface area (Å²) in [5, 5.41) is 19.0. The third-order valence-corrected chi connectivity index (χ3v) is 5.68. The third-order valence-electron chi connectivity index (χ3n) is 5.31. The van der Waals surface area contributed by atoms with Crippen LogP contribution >= 0.6 is 12.2 Å². The van der Waals surface area contributed by atoms with Gasteiger partial charge in [0.25, 0.3) is 5.91 Å². The van der Waals surface area contributed by atoms with E-state index in [2.05, 4.69) is 4.98 Å². The van der Waals surface area contributed by atoms with E-state index in [1.807, 2.05) is 0 Å². The van der Waals surface area contributed by atoms with Crippen molar-refractivity contribution >= 4 is 34.6 Å². The Kier molecular flexibility index (Phi) is 4.43. The van der Waals surface area contributed by atoms with Gasteiger partial charge in [-0.2, -0.15) is 18.4 Å². The lowest BCUT2D eigenvalue weighted by Crippen LogP contribution is -2.55. The number of aromatic hydroxyl groups is 1. The standard InChI is InChI=1S/C19H12F4N4O2S/c20-10-2-3-14(15(28)6-10)27-17(30)26(16(29)18(27)4-1-5-18)11-7-12(19(21,22)23)13(8-24)25-9-11/h2-3,6-7,9,28H,1,4-5H2. The predicted octanol–water partition coefficient (Wildman–Crippen LogP) is 3.88. The van der Waals surface area contributed by atoms with Crippen molar-refractivity contribution in [3.8, 4) is 11.8 Å². The second kappa shape index (κ2) is 6.63. The number of carbonyl (C=O) groups excluding carboxylic acids is 1. The first kappa shape index (κ1) is 20.0. The summed E-state index contributed by atoms with van der Waals surface area (Å²) in [6.45, 7) is 0. The molecule has 1 aliphatic carbocycles. The first-order chi connectivity index (χ1) is 14.1. The van der Waals surface area contributed by atoms with Crippen molar-refractivity contribution in [1.29, 1.82) is 5.26 Å². The number of hydrogen-bond donors (Lipinski definition) is 1. The van der Waals surface area contributed by atoms with E-state index in [1.165, 1.54) is 17.0 Å². The minimum absolute atomic E-state index is 0.0783. The molecular weight excluding hydrogens is 424 g/mol. The minimum atomic E-state index is -4.86. The molecule has 1 aromatic heterocycles. The fraction of sp³-hybridized carbons (Fsp3) is 0.263. The van der Waals surface area contributed by atoms with Gasteiger partial charge in [0.1, 0.15) is 23.2 Å². The average Bonchev–Trinajstić information content (AvgIpc) is 2.87. The van der Waals surface area contributed by atoms with E-state index in [-0.39, 0.29) is 16.5 Å². The van der Waals surface area contributed by atoms with Crippen LogP contribution in [0.3, 0.4) is 0 Å². The Balaban J connectivity index is 1.84. The molecule has 154 valence electrons. The number of phenolic OH excluding ortho intramolecular Hbond substituents is 1. The SMILES string of the molecule is N#Cc1ncc(N2C(=O)C3(CCC3)N(c3ccc(F)cc3O)C2=S)cc1C(F)(F)F. The monoisotopic (exact) mass is 436 g/mol. The van der Waals surface area contributed by atoms with E-state index in [4.69, 9.17) is 17.5 Å². The summed E-state index contributed by atoms with van der Waals surface area (Å²) in [6.07, 6.45) is -2.51. The number of nitriles is 1. The summed E-state index contributed by atoms with van der Waals surface area (Å²) in [5.41, 5.74) is -3.46. The van der Waals surface area contributed by atoms with Crippen molar-refractivity contribution < 1.29 is 27.5 Å². The molecule has 0 bridgehead atoms. The summed E-state index contributed by atoms with van der Waals surface area (Å²) < 4.78 is 53.5. The molecule has 4 rings (SSSR count). The van der Waals surface area contributed by atoms with Crippen molar-refractivity contribution in [3.63, 3.8) is 0 Å². The Morgan fingerprint density at radius 3 is 2.50 bits per heavy atom. The van der Waals surface area contributed by atoms with Crippen LogP contribution in [0.2, 0.25) is 0 Å². The molecule has 30 heavy (non-hydrogen) atoms. The van der Waals surface area contributed by atoms with Crippen LogP contribution in [0.5, 0.6) is 5.75 Å². The van der Waals surface area contributed by atoms with Crippen molar-refractivity contribution in [2.75, 3.05) is 9.80 Å². The lowest BCUT2D eigenvalue weighted by atomic mass is 9.75. The summed E-state index contributed by atoms with van der Waals surface area (Å²) in [5.74, 6) is -1.72. The maximum Gasteiger partial charge on any atom is 0.419 e. The maximum atomic E-state index is 13.4. The summed E-state index contributed by atoms with van der Waals surface area (Å²) in [6, 6.07) is 5.24. The van der Waals surface area contributed by atoms with Crippen LogP contribution in [0.15, 0.2) is 30.5 Å². The van der Waals surface area contributed by atoms with Gasteiger partial charge in [0, 0.05) is 6.07 Å². The smallest absolute Gasteiger partial charge is 0.419 e. The molecule has 1 N–H and O–H groups in total. The van der Waals surface area contributed by atoms with Gasteiger partial charge in [0.2, 0.25) is 0 Å². The molecule has 2 heterocycles. The number of amides is 1. The highest BCUT2D eigenvalue weighted by atomic mass is 32.1.